The second kappa shape index (κ2) is 7.02. The van der Waals surface area contributed by atoms with Gasteiger partial charge in [-0.25, -0.2) is 13.4 Å². The predicted octanol–water partition coefficient (Wildman–Crippen LogP) is 1.52. The Morgan fingerprint density at radius 3 is 2.65 bits per heavy atom. The monoisotopic (exact) mass is 353 g/mol. The molecule has 1 aromatic rings. The lowest BCUT2D eigenvalue weighted by Crippen LogP contribution is -2.47. The average Bonchev–Trinajstić information content (AvgIpc) is 2.52. The van der Waals surface area contributed by atoms with E-state index >= 15 is 0 Å². The average molecular weight is 353 g/mol. The molecule has 0 bridgehead atoms. The van der Waals surface area contributed by atoms with Crippen molar-refractivity contribution in [3.63, 3.8) is 0 Å². The minimum absolute atomic E-state index is 0.0859. The third-order valence-electron chi connectivity index (χ3n) is 3.54. The van der Waals surface area contributed by atoms with Gasteiger partial charge in [-0.2, -0.15) is 17.5 Å². The van der Waals surface area contributed by atoms with Crippen LogP contribution in [0.25, 0.3) is 0 Å². The summed E-state index contributed by atoms with van der Waals surface area (Å²) in [6.45, 7) is -0.885. The highest BCUT2D eigenvalue weighted by molar-refractivity contribution is 7.89. The Morgan fingerprint density at radius 1 is 1.35 bits per heavy atom. The van der Waals surface area contributed by atoms with E-state index in [4.69, 9.17) is 5.73 Å². The lowest BCUT2D eigenvalue weighted by atomic mass is 10.1. The van der Waals surface area contributed by atoms with Crippen molar-refractivity contribution in [2.24, 2.45) is 5.73 Å². The molecule has 0 radical (unpaired) electrons. The number of hydrogen-bond donors (Lipinski definition) is 1. The van der Waals surface area contributed by atoms with Gasteiger partial charge < -0.3 is 10.5 Å². The number of pyridine rings is 1. The molecule has 10 heteroatoms. The maximum Gasteiger partial charge on any atom is 0.422 e. The molecule has 2 rings (SSSR count). The van der Waals surface area contributed by atoms with Crippen molar-refractivity contribution < 1.29 is 26.3 Å². The molecule has 23 heavy (non-hydrogen) atoms. The van der Waals surface area contributed by atoms with Gasteiger partial charge in [-0.15, -0.1) is 0 Å². The minimum atomic E-state index is -4.48. The number of aromatic nitrogens is 1. The summed E-state index contributed by atoms with van der Waals surface area (Å²) in [5.74, 6) is -0.282. The standard InChI is InChI=1S/C13H18F3N3O3S/c14-13(15,16)9-22-12-5-4-11(8-18-12)23(20,21)19-6-2-1-3-10(19)7-17/h4-5,8,10H,1-3,6-7,9,17H2. The molecule has 1 aromatic heterocycles. The van der Waals surface area contributed by atoms with Gasteiger partial charge in [0, 0.05) is 25.2 Å². The van der Waals surface area contributed by atoms with Crippen LogP contribution in [-0.2, 0) is 10.0 Å². The van der Waals surface area contributed by atoms with E-state index in [0.29, 0.717) is 13.0 Å². The highest BCUT2D eigenvalue weighted by atomic mass is 32.2. The topological polar surface area (TPSA) is 85.5 Å². The van der Waals surface area contributed by atoms with Gasteiger partial charge in [0.2, 0.25) is 15.9 Å². The molecule has 0 spiro atoms. The van der Waals surface area contributed by atoms with E-state index in [1.807, 2.05) is 0 Å². The van der Waals surface area contributed by atoms with Crippen molar-refractivity contribution in [2.45, 2.75) is 36.4 Å². The Bertz CT molecular complexity index is 620. The fourth-order valence-corrected chi connectivity index (χ4v) is 4.07. The third kappa shape index (κ3) is 4.55. The number of nitrogens with zero attached hydrogens (tertiary/aromatic N) is 2. The Kier molecular flexibility index (Phi) is 5.48. The normalized spacial score (nSPS) is 20.4. The van der Waals surface area contributed by atoms with Crippen LogP contribution in [0.3, 0.4) is 0 Å². The maximum absolute atomic E-state index is 12.6. The molecule has 6 nitrogen and oxygen atoms in total. The number of hydrogen-bond acceptors (Lipinski definition) is 5. The largest absolute Gasteiger partial charge is 0.468 e. The number of nitrogens with two attached hydrogens (primary N) is 1. The molecule has 0 aromatic carbocycles. The van der Waals surface area contributed by atoms with Crippen LogP contribution in [0.15, 0.2) is 23.2 Å². The predicted molar refractivity (Wildman–Crippen MR) is 76.4 cm³/mol. The smallest absolute Gasteiger partial charge is 0.422 e. The summed E-state index contributed by atoms with van der Waals surface area (Å²) in [7, 11) is -3.77. The van der Waals surface area contributed by atoms with Crippen molar-refractivity contribution in [2.75, 3.05) is 19.7 Å². The number of sulfonamides is 1. The summed E-state index contributed by atoms with van der Waals surface area (Å²) in [5, 5.41) is 0. The van der Waals surface area contributed by atoms with Gasteiger partial charge in [-0.3, -0.25) is 0 Å². The van der Waals surface area contributed by atoms with Crippen LogP contribution in [0, 0.1) is 0 Å². The minimum Gasteiger partial charge on any atom is -0.468 e. The lowest BCUT2D eigenvalue weighted by molar-refractivity contribution is -0.154. The zero-order chi connectivity index (χ0) is 17.1. The molecular formula is C13H18F3N3O3S. The summed E-state index contributed by atoms with van der Waals surface area (Å²) in [6, 6.07) is 2.03. The van der Waals surface area contributed by atoms with E-state index in [1.165, 1.54) is 10.4 Å². The summed E-state index contributed by atoms with van der Waals surface area (Å²) < 4.78 is 67.2. The number of halogens is 3. The van der Waals surface area contributed by atoms with Crippen molar-refractivity contribution >= 4 is 10.0 Å². The number of piperidine rings is 1. The highest BCUT2D eigenvalue weighted by Crippen LogP contribution is 2.25. The fraction of sp³-hybridized carbons (Fsp3) is 0.615. The van der Waals surface area contributed by atoms with Crippen LogP contribution in [0.2, 0.25) is 0 Å². The van der Waals surface area contributed by atoms with Crippen molar-refractivity contribution in [3.05, 3.63) is 18.3 Å². The second-order valence-electron chi connectivity index (χ2n) is 5.24. The lowest BCUT2D eigenvalue weighted by Gasteiger charge is -2.33. The van der Waals surface area contributed by atoms with Crippen molar-refractivity contribution in [1.29, 1.82) is 0 Å². The van der Waals surface area contributed by atoms with E-state index in [9.17, 15) is 21.6 Å². The van der Waals surface area contributed by atoms with Gasteiger partial charge in [-0.05, 0) is 18.9 Å². The molecule has 0 aliphatic carbocycles. The zero-order valence-corrected chi connectivity index (χ0v) is 13.1. The molecular weight excluding hydrogens is 335 g/mol. The maximum atomic E-state index is 12.6. The summed E-state index contributed by atoms with van der Waals surface area (Å²) in [6.07, 6.45) is -1.12. The van der Waals surface area contributed by atoms with Crippen LogP contribution in [0.5, 0.6) is 5.88 Å². The van der Waals surface area contributed by atoms with Gasteiger partial charge in [0.05, 0.1) is 6.20 Å². The van der Waals surface area contributed by atoms with E-state index < -0.39 is 22.8 Å². The molecule has 1 unspecified atom stereocenters. The first-order chi connectivity index (χ1) is 10.7. The van der Waals surface area contributed by atoms with Crippen molar-refractivity contribution in [1.82, 2.24) is 9.29 Å². The number of ether oxygens (including phenoxy) is 1. The molecule has 2 heterocycles. The highest BCUT2D eigenvalue weighted by Gasteiger charge is 2.33. The van der Waals surface area contributed by atoms with Crippen LogP contribution in [0.4, 0.5) is 13.2 Å². The Hall–Kier alpha value is -1.39. The summed E-state index contributed by atoms with van der Waals surface area (Å²) in [5.41, 5.74) is 5.62. The SMILES string of the molecule is NCC1CCCCN1S(=O)(=O)c1ccc(OCC(F)(F)F)nc1. The summed E-state index contributed by atoms with van der Waals surface area (Å²) >= 11 is 0. The van der Waals surface area contributed by atoms with Crippen LogP contribution < -0.4 is 10.5 Å². The molecule has 1 saturated heterocycles. The third-order valence-corrected chi connectivity index (χ3v) is 5.48. The Balaban J connectivity index is 2.14. The van der Waals surface area contributed by atoms with Gasteiger partial charge in [-0.1, -0.05) is 6.42 Å². The van der Waals surface area contributed by atoms with E-state index in [2.05, 4.69) is 9.72 Å². The number of rotatable bonds is 5. The Labute approximate surface area is 132 Å². The first-order valence-corrected chi connectivity index (χ1v) is 8.55. The quantitative estimate of drug-likeness (QED) is 0.868. The zero-order valence-electron chi connectivity index (χ0n) is 12.3. The van der Waals surface area contributed by atoms with Gasteiger partial charge in [0.25, 0.3) is 0 Å². The molecule has 1 aliphatic rings. The van der Waals surface area contributed by atoms with Gasteiger partial charge in [0.1, 0.15) is 4.90 Å². The van der Waals surface area contributed by atoms with E-state index in [0.717, 1.165) is 25.1 Å². The van der Waals surface area contributed by atoms with Crippen LogP contribution in [-0.4, -0.2) is 49.6 Å². The molecule has 2 N–H and O–H groups in total. The van der Waals surface area contributed by atoms with Gasteiger partial charge in [0.15, 0.2) is 6.61 Å². The van der Waals surface area contributed by atoms with Crippen LogP contribution in [0.1, 0.15) is 19.3 Å². The molecule has 0 saturated carbocycles. The van der Waals surface area contributed by atoms with Gasteiger partial charge >= 0.3 is 6.18 Å². The molecule has 130 valence electrons. The molecule has 1 fully saturated rings. The summed E-state index contributed by atoms with van der Waals surface area (Å²) in [4.78, 5) is 3.55. The molecule has 1 atom stereocenters. The molecule has 1 aliphatic heterocycles. The first kappa shape index (κ1) is 18.0. The second-order valence-corrected chi connectivity index (χ2v) is 7.13. The fourth-order valence-electron chi connectivity index (χ4n) is 2.42. The number of alkyl halides is 3. The van der Waals surface area contributed by atoms with E-state index in [1.54, 1.807) is 0 Å². The van der Waals surface area contributed by atoms with Crippen LogP contribution >= 0.6 is 0 Å². The Morgan fingerprint density at radius 2 is 2.09 bits per heavy atom. The first-order valence-electron chi connectivity index (χ1n) is 7.11. The van der Waals surface area contributed by atoms with E-state index in [-0.39, 0.29) is 23.4 Å². The van der Waals surface area contributed by atoms with Crippen molar-refractivity contribution in [3.8, 4) is 5.88 Å². The molecule has 0 amide bonds.